The predicted molar refractivity (Wildman–Crippen MR) is 103 cm³/mol. The van der Waals surface area contributed by atoms with Gasteiger partial charge in [-0.15, -0.1) is 0 Å². The van der Waals surface area contributed by atoms with E-state index in [0.717, 1.165) is 28.1 Å². The van der Waals surface area contributed by atoms with E-state index in [4.69, 9.17) is 9.47 Å². The Morgan fingerprint density at radius 3 is 2.29 bits per heavy atom. The van der Waals surface area contributed by atoms with Gasteiger partial charge in [0.25, 0.3) is 0 Å². The van der Waals surface area contributed by atoms with E-state index in [2.05, 4.69) is 60.2 Å². The van der Waals surface area contributed by atoms with Crippen molar-refractivity contribution in [2.24, 2.45) is 0 Å². The highest BCUT2D eigenvalue weighted by molar-refractivity contribution is 9.10. The number of benzene rings is 2. The van der Waals surface area contributed by atoms with Crippen LogP contribution < -0.4 is 14.8 Å². The second-order valence-electron chi connectivity index (χ2n) is 6.73. The zero-order valence-electron chi connectivity index (χ0n) is 14.9. The molecule has 0 aliphatic rings. The topological polar surface area (TPSA) is 30.5 Å². The van der Waals surface area contributed by atoms with Gasteiger partial charge in [0.1, 0.15) is 24.7 Å². The van der Waals surface area contributed by atoms with Crippen molar-refractivity contribution < 1.29 is 9.47 Å². The van der Waals surface area contributed by atoms with Crippen molar-refractivity contribution in [3.05, 3.63) is 58.1 Å². The molecule has 0 atom stereocenters. The number of hydrogen-bond donors (Lipinski definition) is 1. The molecule has 0 radical (unpaired) electrons. The summed E-state index contributed by atoms with van der Waals surface area (Å²) < 4.78 is 12.9. The molecule has 130 valence electrons. The standard InChI is InChI=1S/C20H26BrNO2/c1-20(2,3)17-7-5-6-8-19(17)24-12-11-23-18-10-9-16(21)13-15(18)14-22-4/h5-10,13,22H,11-12,14H2,1-4H3. The largest absolute Gasteiger partial charge is 0.490 e. The third kappa shape index (κ3) is 5.25. The summed E-state index contributed by atoms with van der Waals surface area (Å²) in [7, 11) is 1.93. The summed E-state index contributed by atoms with van der Waals surface area (Å²) in [5.41, 5.74) is 2.40. The molecule has 0 fully saturated rings. The Labute approximate surface area is 153 Å². The highest BCUT2D eigenvalue weighted by Crippen LogP contribution is 2.31. The molecular formula is C20H26BrNO2. The lowest BCUT2D eigenvalue weighted by Crippen LogP contribution is -2.16. The lowest BCUT2D eigenvalue weighted by Gasteiger charge is -2.22. The second-order valence-corrected chi connectivity index (χ2v) is 7.64. The molecule has 0 spiro atoms. The van der Waals surface area contributed by atoms with E-state index in [9.17, 15) is 0 Å². The molecule has 24 heavy (non-hydrogen) atoms. The molecule has 0 bridgehead atoms. The first kappa shape index (κ1) is 18.8. The van der Waals surface area contributed by atoms with Gasteiger partial charge in [-0.25, -0.2) is 0 Å². The first-order valence-corrected chi connectivity index (χ1v) is 8.99. The third-order valence-corrected chi connectivity index (χ3v) is 4.18. The minimum Gasteiger partial charge on any atom is -0.490 e. The summed E-state index contributed by atoms with van der Waals surface area (Å²) >= 11 is 3.50. The van der Waals surface area contributed by atoms with Gasteiger partial charge in [-0.2, -0.15) is 0 Å². The van der Waals surface area contributed by atoms with E-state index in [1.165, 1.54) is 5.56 Å². The summed E-state index contributed by atoms with van der Waals surface area (Å²) in [5, 5.41) is 3.16. The van der Waals surface area contributed by atoms with Gasteiger partial charge in [-0.1, -0.05) is 54.9 Å². The molecule has 0 heterocycles. The second kappa shape index (κ2) is 8.54. The van der Waals surface area contributed by atoms with E-state index in [0.29, 0.717) is 13.2 Å². The molecule has 0 saturated heterocycles. The SMILES string of the molecule is CNCc1cc(Br)ccc1OCCOc1ccccc1C(C)(C)C. The number of hydrogen-bond acceptors (Lipinski definition) is 3. The Morgan fingerprint density at radius 2 is 1.62 bits per heavy atom. The zero-order chi connectivity index (χ0) is 17.6. The Hall–Kier alpha value is -1.52. The molecule has 2 aromatic rings. The highest BCUT2D eigenvalue weighted by Gasteiger charge is 2.18. The molecule has 1 N–H and O–H groups in total. The fourth-order valence-corrected chi connectivity index (χ4v) is 2.94. The Kier molecular flexibility index (Phi) is 6.69. The van der Waals surface area contributed by atoms with E-state index in [1.54, 1.807) is 0 Å². The van der Waals surface area contributed by atoms with Crippen LogP contribution in [0.5, 0.6) is 11.5 Å². The first-order chi connectivity index (χ1) is 11.4. The number of para-hydroxylation sites is 1. The lowest BCUT2D eigenvalue weighted by molar-refractivity contribution is 0.213. The van der Waals surface area contributed by atoms with Gasteiger partial charge >= 0.3 is 0 Å². The van der Waals surface area contributed by atoms with Crippen LogP contribution in [0.3, 0.4) is 0 Å². The number of nitrogens with one attached hydrogen (secondary N) is 1. The van der Waals surface area contributed by atoms with Crippen LogP contribution in [-0.4, -0.2) is 20.3 Å². The average Bonchev–Trinajstić information content (AvgIpc) is 2.53. The number of rotatable bonds is 7. The van der Waals surface area contributed by atoms with E-state index in [-0.39, 0.29) is 5.41 Å². The van der Waals surface area contributed by atoms with Crippen molar-refractivity contribution in [1.82, 2.24) is 5.32 Å². The van der Waals surface area contributed by atoms with Gasteiger partial charge in [0, 0.05) is 16.6 Å². The molecule has 0 saturated carbocycles. The van der Waals surface area contributed by atoms with Crippen LogP contribution in [0.4, 0.5) is 0 Å². The summed E-state index contributed by atoms with van der Waals surface area (Å²) in [4.78, 5) is 0. The summed E-state index contributed by atoms with van der Waals surface area (Å²) in [5.74, 6) is 1.82. The van der Waals surface area contributed by atoms with Gasteiger partial charge in [0.2, 0.25) is 0 Å². The third-order valence-electron chi connectivity index (χ3n) is 3.68. The van der Waals surface area contributed by atoms with Gasteiger partial charge in [0.05, 0.1) is 0 Å². The molecule has 2 aromatic carbocycles. The molecule has 0 aliphatic heterocycles. The molecule has 2 rings (SSSR count). The zero-order valence-corrected chi connectivity index (χ0v) is 16.4. The summed E-state index contributed by atoms with van der Waals surface area (Å²) in [6, 6.07) is 14.2. The van der Waals surface area contributed by atoms with E-state index >= 15 is 0 Å². The average molecular weight is 392 g/mol. The maximum atomic E-state index is 5.96. The normalized spacial score (nSPS) is 11.4. The van der Waals surface area contributed by atoms with Gasteiger partial charge in [-0.3, -0.25) is 0 Å². The monoisotopic (exact) mass is 391 g/mol. The van der Waals surface area contributed by atoms with Gasteiger partial charge in [0.15, 0.2) is 0 Å². The first-order valence-electron chi connectivity index (χ1n) is 8.20. The van der Waals surface area contributed by atoms with Crippen molar-refractivity contribution in [3.8, 4) is 11.5 Å². The van der Waals surface area contributed by atoms with E-state index in [1.807, 2.05) is 31.3 Å². The maximum Gasteiger partial charge on any atom is 0.124 e. The van der Waals surface area contributed by atoms with Crippen LogP contribution in [-0.2, 0) is 12.0 Å². The van der Waals surface area contributed by atoms with E-state index < -0.39 is 0 Å². The molecular weight excluding hydrogens is 366 g/mol. The van der Waals surface area contributed by atoms with Gasteiger partial charge < -0.3 is 14.8 Å². The number of ether oxygens (including phenoxy) is 2. The minimum atomic E-state index is 0.0587. The molecule has 0 amide bonds. The Balaban J connectivity index is 1.95. The minimum absolute atomic E-state index is 0.0587. The van der Waals surface area contributed by atoms with Crippen LogP contribution in [0.25, 0.3) is 0 Å². The lowest BCUT2D eigenvalue weighted by atomic mass is 9.86. The van der Waals surface area contributed by atoms with Crippen molar-refractivity contribution >= 4 is 15.9 Å². The summed E-state index contributed by atoms with van der Waals surface area (Å²) in [6.07, 6.45) is 0. The van der Waals surface area contributed by atoms with Crippen molar-refractivity contribution in [2.45, 2.75) is 32.7 Å². The van der Waals surface area contributed by atoms with Crippen LogP contribution in [0.15, 0.2) is 46.9 Å². The Morgan fingerprint density at radius 1 is 0.958 bits per heavy atom. The van der Waals surface area contributed by atoms with Crippen LogP contribution in [0.2, 0.25) is 0 Å². The quantitative estimate of drug-likeness (QED) is 0.679. The van der Waals surface area contributed by atoms with Gasteiger partial charge in [-0.05, 0) is 42.3 Å². The maximum absolute atomic E-state index is 5.96. The van der Waals surface area contributed by atoms with Crippen molar-refractivity contribution in [3.63, 3.8) is 0 Å². The van der Waals surface area contributed by atoms with Crippen LogP contribution >= 0.6 is 15.9 Å². The molecule has 0 unspecified atom stereocenters. The molecule has 3 nitrogen and oxygen atoms in total. The predicted octanol–water partition coefficient (Wildman–Crippen LogP) is 4.92. The molecule has 4 heteroatoms. The molecule has 0 aliphatic carbocycles. The smallest absolute Gasteiger partial charge is 0.124 e. The van der Waals surface area contributed by atoms with Crippen LogP contribution in [0.1, 0.15) is 31.9 Å². The van der Waals surface area contributed by atoms with Crippen molar-refractivity contribution in [1.29, 1.82) is 0 Å². The summed E-state index contributed by atoms with van der Waals surface area (Å²) in [6.45, 7) is 8.37. The fourth-order valence-electron chi connectivity index (χ4n) is 2.53. The number of halogens is 1. The Bertz CT molecular complexity index is 665. The highest BCUT2D eigenvalue weighted by atomic mass is 79.9. The molecule has 0 aromatic heterocycles. The fraction of sp³-hybridized carbons (Fsp3) is 0.400. The van der Waals surface area contributed by atoms with Crippen molar-refractivity contribution in [2.75, 3.05) is 20.3 Å². The van der Waals surface area contributed by atoms with Crippen LogP contribution in [0, 0.1) is 0 Å².